The Bertz CT molecular complexity index is 529. The lowest BCUT2D eigenvalue weighted by Crippen LogP contribution is -2.47. The van der Waals surface area contributed by atoms with Crippen molar-refractivity contribution in [2.45, 2.75) is 51.0 Å². The van der Waals surface area contributed by atoms with E-state index >= 15 is 0 Å². The predicted molar refractivity (Wildman–Crippen MR) is 97.3 cm³/mol. The van der Waals surface area contributed by atoms with Crippen LogP contribution in [0.15, 0.2) is 24.3 Å². The second-order valence-electron chi connectivity index (χ2n) is 7.18. The topological polar surface area (TPSA) is 32.3 Å². The highest BCUT2D eigenvalue weighted by atomic mass is 35.5. The molecule has 0 spiro atoms. The zero-order chi connectivity index (χ0) is 15.7. The van der Waals surface area contributed by atoms with Gasteiger partial charge in [-0.3, -0.25) is 4.79 Å². The second kappa shape index (κ2) is 7.67. The van der Waals surface area contributed by atoms with Crippen LogP contribution in [-0.2, 0) is 4.79 Å². The molecular weight excluding hydrogens is 308 g/mol. The third kappa shape index (κ3) is 4.07. The largest absolute Gasteiger partial charge is 0.341 e. The Kier molecular flexibility index (Phi) is 6.10. The number of piperidine rings is 1. The van der Waals surface area contributed by atoms with Crippen LogP contribution >= 0.6 is 12.4 Å². The summed E-state index contributed by atoms with van der Waals surface area (Å²) in [5.41, 5.74) is 2.71. The highest BCUT2D eigenvalue weighted by Gasteiger charge is 2.46. The quantitative estimate of drug-likeness (QED) is 0.912. The first kappa shape index (κ1) is 18.3. The van der Waals surface area contributed by atoms with Gasteiger partial charge in [0.15, 0.2) is 0 Å². The van der Waals surface area contributed by atoms with Gasteiger partial charge in [0.05, 0.1) is 0 Å². The Morgan fingerprint density at radius 1 is 1.26 bits per heavy atom. The van der Waals surface area contributed by atoms with E-state index in [9.17, 15) is 4.79 Å². The Hall–Kier alpha value is -1.06. The van der Waals surface area contributed by atoms with Crippen molar-refractivity contribution < 1.29 is 4.79 Å². The summed E-state index contributed by atoms with van der Waals surface area (Å²) in [6.07, 6.45) is 3.34. The standard InChI is InChI=1S/C19H28N2O.ClH/c1-13(2)14-6-8-15(9-7-14)17-11-18(17)19(22)21-10-4-5-16(12-21)20-3;/h6-9,13,16-18,20H,4-5,10-12H2,1-3H3;1H. The van der Waals surface area contributed by atoms with Gasteiger partial charge in [0.2, 0.25) is 5.91 Å². The lowest BCUT2D eigenvalue weighted by molar-refractivity contribution is -0.134. The van der Waals surface area contributed by atoms with Gasteiger partial charge >= 0.3 is 0 Å². The van der Waals surface area contributed by atoms with Gasteiger partial charge in [-0.2, -0.15) is 0 Å². The van der Waals surface area contributed by atoms with Crippen LogP contribution in [0, 0.1) is 5.92 Å². The van der Waals surface area contributed by atoms with E-state index in [1.165, 1.54) is 17.5 Å². The fourth-order valence-corrected chi connectivity index (χ4v) is 3.61. The van der Waals surface area contributed by atoms with E-state index in [-0.39, 0.29) is 18.3 Å². The number of nitrogens with zero attached hydrogens (tertiary/aromatic N) is 1. The van der Waals surface area contributed by atoms with Gasteiger partial charge in [-0.05, 0) is 49.3 Å². The number of halogens is 1. The molecule has 1 saturated heterocycles. The van der Waals surface area contributed by atoms with E-state index in [4.69, 9.17) is 0 Å². The molecule has 0 aromatic heterocycles. The third-order valence-corrected chi connectivity index (χ3v) is 5.28. The van der Waals surface area contributed by atoms with Gasteiger partial charge in [-0.25, -0.2) is 0 Å². The van der Waals surface area contributed by atoms with Crippen LogP contribution in [-0.4, -0.2) is 37.0 Å². The first-order valence-electron chi connectivity index (χ1n) is 8.66. The maximum absolute atomic E-state index is 12.7. The van der Waals surface area contributed by atoms with E-state index in [1.807, 2.05) is 7.05 Å². The molecule has 1 aliphatic carbocycles. The molecule has 2 fully saturated rings. The fraction of sp³-hybridized carbons (Fsp3) is 0.632. The van der Waals surface area contributed by atoms with Crippen LogP contribution in [0.1, 0.15) is 56.1 Å². The van der Waals surface area contributed by atoms with E-state index in [0.29, 0.717) is 23.8 Å². The average Bonchev–Trinajstić information content (AvgIpc) is 3.35. The minimum Gasteiger partial charge on any atom is -0.341 e. The van der Waals surface area contributed by atoms with Crippen LogP contribution < -0.4 is 5.32 Å². The van der Waals surface area contributed by atoms with E-state index in [2.05, 4.69) is 48.3 Å². The lowest BCUT2D eigenvalue weighted by Gasteiger charge is -2.32. The van der Waals surface area contributed by atoms with Crippen molar-refractivity contribution >= 4 is 18.3 Å². The highest BCUT2D eigenvalue weighted by Crippen LogP contribution is 2.48. The van der Waals surface area contributed by atoms with Crippen molar-refractivity contribution in [1.29, 1.82) is 0 Å². The summed E-state index contributed by atoms with van der Waals surface area (Å²) in [5, 5.41) is 3.31. The summed E-state index contributed by atoms with van der Waals surface area (Å²) >= 11 is 0. The van der Waals surface area contributed by atoms with Crippen molar-refractivity contribution in [3.8, 4) is 0 Å². The molecule has 3 atom stereocenters. The molecule has 23 heavy (non-hydrogen) atoms. The number of likely N-dealkylation sites (tertiary alicyclic amines) is 1. The lowest BCUT2D eigenvalue weighted by atomic mass is 9.99. The fourth-order valence-electron chi connectivity index (χ4n) is 3.61. The number of nitrogens with one attached hydrogen (secondary N) is 1. The number of hydrogen-bond donors (Lipinski definition) is 1. The molecular formula is C19H29ClN2O. The van der Waals surface area contributed by atoms with Crippen LogP contribution in [0.3, 0.4) is 0 Å². The number of carbonyl (C=O) groups is 1. The first-order chi connectivity index (χ1) is 10.6. The van der Waals surface area contributed by atoms with Crippen molar-refractivity contribution in [3.05, 3.63) is 35.4 Å². The predicted octanol–water partition coefficient (Wildman–Crippen LogP) is 3.55. The monoisotopic (exact) mass is 336 g/mol. The van der Waals surface area contributed by atoms with Crippen LogP contribution in [0.2, 0.25) is 0 Å². The van der Waals surface area contributed by atoms with Crippen LogP contribution in [0.4, 0.5) is 0 Å². The minimum absolute atomic E-state index is 0. The molecule has 3 unspecified atom stereocenters. The Balaban J connectivity index is 0.00000192. The van der Waals surface area contributed by atoms with Crippen molar-refractivity contribution in [1.82, 2.24) is 10.2 Å². The Morgan fingerprint density at radius 2 is 1.96 bits per heavy atom. The Labute approximate surface area is 146 Å². The highest BCUT2D eigenvalue weighted by molar-refractivity contribution is 5.85. The van der Waals surface area contributed by atoms with E-state index < -0.39 is 0 Å². The number of amides is 1. The molecule has 4 heteroatoms. The summed E-state index contributed by atoms with van der Waals surface area (Å²) in [5.74, 6) is 1.61. The second-order valence-corrected chi connectivity index (χ2v) is 7.18. The summed E-state index contributed by atoms with van der Waals surface area (Å²) < 4.78 is 0. The van der Waals surface area contributed by atoms with Gasteiger partial charge in [0.25, 0.3) is 0 Å². The molecule has 1 heterocycles. The number of carbonyl (C=O) groups excluding carboxylic acids is 1. The van der Waals surface area contributed by atoms with Crippen molar-refractivity contribution in [3.63, 3.8) is 0 Å². The maximum Gasteiger partial charge on any atom is 0.226 e. The number of hydrogen-bond acceptors (Lipinski definition) is 2. The van der Waals surface area contributed by atoms with Crippen LogP contribution in [0.5, 0.6) is 0 Å². The van der Waals surface area contributed by atoms with Crippen molar-refractivity contribution in [2.24, 2.45) is 5.92 Å². The molecule has 128 valence electrons. The molecule has 3 rings (SSSR count). The van der Waals surface area contributed by atoms with Gasteiger partial charge in [-0.15, -0.1) is 12.4 Å². The van der Waals surface area contributed by atoms with Gasteiger partial charge in [-0.1, -0.05) is 38.1 Å². The maximum atomic E-state index is 12.7. The number of rotatable bonds is 4. The van der Waals surface area contributed by atoms with Gasteiger partial charge in [0.1, 0.15) is 0 Å². The number of benzene rings is 1. The molecule has 2 aliphatic rings. The summed E-state index contributed by atoms with van der Waals surface area (Å²) in [6, 6.07) is 9.36. The molecule has 1 aromatic rings. The van der Waals surface area contributed by atoms with Crippen molar-refractivity contribution in [2.75, 3.05) is 20.1 Å². The smallest absolute Gasteiger partial charge is 0.226 e. The molecule has 1 aromatic carbocycles. The molecule has 3 nitrogen and oxygen atoms in total. The zero-order valence-electron chi connectivity index (χ0n) is 14.4. The molecule has 1 amide bonds. The zero-order valence-corrected chi connectivity index (χ0v) is 15.2. The summed E-state index contributed by atoms with van der Waals surface area (Å²) in [6.45, 7) is 6.25. The molecule has 1 saturated carbocycles. The average molecular weight is 337 g/mol. The summed E-state index contributed by atoms with van der Waals surface area (Å²) in [4.78, 5) is 14.8. The Morgan fingerprint density at radius 3 is 2.57 bits per heavy atom. The summed E-state index contributed by atoms with van der Waals surface area (Å²) in [7, 11) is 1.99. The third-order valence-electron chi connectivity index (χ3n) is 5.28. The molecule has 1 N–H and O–H groups in total. The molecule has 1 aliphatic heterocycles. The first-order valence-corrected chi connectivity index (χ1v) is 8.66. The normalized spacial score (nSPS) is 26.8. The van der Waals surface area contributed by atoms with Crippen LogP contribution in [0.25, 0.3) is 0 Å². The van der Waals surface area contributed by atoms with E-state index in [1.54, 1.807) is 0 Å². The minimum atomic E-state index is 0. The SMILES string of the molecule is CNC1CCCN(C(=O)C2CC2c2ccc(C(C)C)cc2)C1.Cl. The van der Waals surface area contributed by atoms with Gasteiger partial charge in [0, 0.05) is 25.0 Å². The van der Waals surface area contributed by atoms with E-state index in [0.717, 1.165) is 25.9 Å². The molecule has 0 bridgehead atoms. The van der Waals surface area contributed by atoms with Gasteiger partial charge < -0.3 is 10.2 Å². The number of likely N-dealkylation sites (N-methyl/N-ethyl adjacent to an activating group) is 1. The molecule has 0 radical (unpaired) electrons.